The van der Waals surface area contributed by atoms with Crippen molar-refractivity contribution < 1.29 is 23.9 Å². The number of nitrogens with two attached hydrogens (primary N) is 1. The second-order valence-corrected chi connectivity index (χ2v) is 9.37. The molecule has 0 unspecified atom stereocenters. The van der Waals surface area contributed by atoms with Gasteiger partial charge >= 0.3 is 5.97 Å². The minimum atomic E-state index is -0.841. The molecule has 0 saturated heterocycles. The van der Waals surface area contributed by atoms with Crippen molar-refractivity contribution in [3.8, 4) is 0 Å². The molecule has 178 valence electrons. The number of carbonyl (C=O) groups is 4. The molecule has 7 nitrogen and oxygen atoms in total. The number of nitrogen functional groups attached to an aromatic ring is 1. The average molecular weight is 471 g/mol. The van der Waals surface area contributed by atoms with Crippen molar-refractivity contribution in [1.82, 2.24) is 4.90 Å². The molecule has 0 saturated carbocycles. The molecule has 35 heavy (non-hydrogen) atoms. The fourth-order valence-corrected chi connectivity index (χ4v) is 4.14. The third-order valence-electron chi connectivity index (χ3n) is 5.97. The van der Waals surface area contributed by atoms with Gasteiger partial charge in [0.2, 0.25) is 0 Å². The van der Waals surface area contributed by atoms with Gasteiger partial charge < -0.3 is 15.4 Å². The SMILES string of the molecule is CC(C)(C)N(Cc1ccccc1)C(=O)COC(=O)c1ccc2c(c1N)C(=O)c1ccccc1C2=O. The molecule has 0 atom stereocenters. The summed E-state index contributed by atoms with van der Waals surface area (Å²) < 4.78 is 5.30. The van der Waals surface area contributed by atoms with E-state index in [2.05, 4.69) is 0 Å². The quantitative estimate of drug-likeness (QED) is 0.349. The number of rotatable bonds is 5. The Hall–Kier alpha value is -4.26. The first-order valence-corrected chi connectivity index (χ1v) is 11.2. The van der Waals surface area contributed by atoms with E-state index in [1.807, 2.05) is 51.1 Å². The van der Waals surface area contributed by atoms with E-state index >= 15 is 0 Å². The van der Waals surface area contributed by atoms with Crippen molar-refractivity contribution in [3.63, 3.8) is 0 Å². The average Bonchev–Trinajstić information content (AvgIpc) is 2.84. The summed E-state index contributed by atoms with van der Waals surface area (Å²) in [6.45, 7) is 5.57. The first-order chi connectivity index (χ1) is 16.6. The van der Waals surface area contributed by atoms with Crippen molar-refractivity contribution in [3.05, 3.63) is 100 Å². The van der Waals surface area contributed by atoms with Crippen LogP contribution in [0.5, 0.6) is 0 Å². The molecule has 0 bridgehead atoms. The predicted octanol–water partition coefficient (Wildman–Crippen LogP) is 4.03. The van der Waals surface area contributed by atoms with E-state index in [9.17, 15) is 19.2 Å². The van der Waals surface area contributed by atoms with Gasteiger partial charge in [0.25, 0.3) is 5.91 Å². The predicted molar refractivity (Wildman–Crippen MR) is 131 cm³/mol. The number of anilines is 1. The summed E-state index contributed by atoms with van der Waals surface area (Å²) >= 11 is 0. The second-order valence-electron chi connectivity index (χ2n) is 9.37. The number of hydrogen-bond acceptors (Lipinski definition) is 6. The molecular weight excluding hydrogens is 444 g/mol. The maximum absolute atomic E-state index is 13.0. The maximum Gasteiger partial charge on any atom is 0.340 e. The second kappa shape index (κ2) is 9.18. The molecule has 1 amide bonds. The lowest BCUT2D eigenvalue weighted by atomic mass is 9.82. The van der Waals surface area contributed by atoms with Crippen LogP contribution in [-0.4, -0.2) is 40.5 Å². The number of ketones is 2. The van der Waals surface area contributed by atoms with E-state index in [0.29, 0.717) is 12.1 Å². The lowest BCUT2D eigenvalue weighted by Gasteiger charge is -2.35. The Kier molecular flexibility index (Phi) is 6.26. The van der Waals surface area contributed by atoms with E-state index in [0.717, 1.165) is 5.56 Å². The Bertz CT molecular complexity index is 1340. The zero-order valence-corrected chi connectivity index (χ0v) is 19.8. The number of benzene rings is 3. The van der Waals surface area contributed by atoms with Gasteiger partial charge in [0.1, 0.15) is 0 Å². The molecule has 1 aliphatic rings. The van der Waals surface area contributed by atoms with Crippen molar-refractivity contribution in [2.75, 3.05) is 12.3 Å². The van der Waals surface area contributed by atoms with Crippen molar-refractivity contribution in [2.45, 2.75) is 32.9 Å². The molecule has 0 aromatic heterocycles. The normalized spacial score (nSPS) is 12.5. The fourth-order valence-electron chi connectivity index (χ4n) is 4.14. The summed E-state index contributed by atoms with van der Waals surface area (Å²) in [6.07, 6.45) is 0. The lowest BCUT2D eigenvalue weighted by Crippen LogP contribution is -2.46. The van der Waals surface area contributed by atoms with Crippen LogP contribution in [0.25, 0.3) is 0 Å². The van der Waals surface area contributed by atoms with Crippen LogP contribution in [0.2, 0.25) is 0 Å². The molecule has 3 aromatic carbocycles. The summed E-state index contributed by atoms with van der Waals surface area (Å²) in [6, 6.07) is 18.7. The molecule has 3 aromatic rings. The number of amides is 1. The van der Waals surface area contributed by atoms with Gasteiger partial charge in [0.15, 0.2) is 18.2 Å². The number of nitrogens with zero attached hydrogens (tertiary/aromatic N) is 1. The summed E-state index contributed by atoms with van der Waals surface area (Å²) in [7, 11) is 0. The van der Waals surface area contributed by atoms with Gasteiger partial charge in [0.05, 0.1) is 16.8 Å². The molecule has 0 spiro atoms. The fraction of sp³-hybridized carbons (Fsp3) is 0.214. The minimum Gasteiger partial charge on any atom is -0.452 e. The van der Waals surface area contributed by atoms with Crippen molar-refractivity contribution >= 4 is 29.1 Å². The van der Waals surface area contributed by atoms with E-state index in [-0.39, 0.29) is 39.6 Å². The van der Waals surface area contributed by atoms with Crippen LogP contribution in [0.4, 0.5) is 5.69 Å². The monoisotopic (exact) mass is 470 g/mol. The van der Waals surface area contributed by atoms with Gasteiger partial charge in [-0.15, -0.1) is 0 Å². The molecular formula is C28H26N2O5. The molecule has 2 N–H and O–H groups in total. The third-order valence-corrected chi connectivity index (χ3v) is 5.97. The van der Waals surface area contributed by atoms with Gasteiger partial charge in [-0.1, -0.05) is 54.6 Å². The molecule has 0 fully saturated rings. The largest absolute Gasteiger partial charge is 0.452 e. The van der Waals surface area contributed by atoms with Gasteiger partial charge in [-0.25, -0.2) is 4.79 Å². The zero-order valence-electron chi connectivity index (χ0n) is 19.8. The number of esters is 1. The Morgan fingerprint density at radius 2 is 1.43 bits per heavy atom. The molecule has 0 heterocycles. The van der Waals surface area contributed by atoms with Gasteiger partial charge in [0, 0.05) is 28.8 Å². The first-order valence-electron chi connectivity index (χ1n) is 11.2. The highest BCUT2D eigenvalue weighted by molar-refractivity contribution is 6.30. The van der Waals surface area contributed by atoms with Crippen LogP contribution in [0.15, 0.2) is 66.7 Å². The lowest BCUT2D eigenvalue weighted by molar-refractivity contribution is -0.140. The molecule has 0 aliphatic heterocycles. The molecule has 4 rings (SSSR count). The van der Waals surface area contributed by atoms with Crippen LogP contribution < -0.4 is 5.73 Å². The Morgan fingerprint density at radius 3 is 2.06 bits per heavy atom. The number of fused-ring (bicyclic) bond motifs is 2. The van der Waals surface area contributed by atoms with E-state index in [1.165, 1.54) is 12.1 Å². The Balaban J connectivity index is 1.54. The van der Waals surface area contributed by atoms with Gasteiger partial charge in [-0.05, 0) is 38.5 Å². The Morgan fingerprint density at radius 1 is 0.829 bits per heavy atom. The summed E-state index contributed by atoms with van der Waals surface area (Å²) in [5.41, 5.74) is 7.07. The first kappa shape index (κ1) is 23.9. The van der Waals surface area contributed by atoms with Crippen LogP contribution in [0.1, 0.15) is 68.5 Å². The van der Waals surface area contributed by atoms with E-state index < -0.39 is 23.9 Å². The van der Waals surface area contributed by atoms with Crippen molar-refractivity contribution in [1.29, 1.82) is 0 Å². The highest BCUT2D eigenvalue weighted by Gasteiger charge is 2.33. The number of hydrogen-bond donors (Lipinski definition) is 1. The van der Waals surface area contributed by atoms with Gasteiger partial charge in [-0.2, -0.15) is 0 Å². The highest BCUT2D eigenvalue weighted by atomic mass is 16.5. The van der Waals surface area contributed by atoms with Crippen LogP contribution >= 0.6 is 0 Å². The smallest absolute Gasteiger partial charge is 0.340 e. The van der Waals surface area contributed by atoms with Crippen LogP contribution in [0, 0.1) is 0 Å². The molecule has 0 radical (unpaired) electrons. The van der Waals surface area contributed by atoms with Crippen molar-refractivity contribution in [2.24, 2.45) is 0 Å². The summed E-state index contributed by atoms with van der Waals surface area (Å²) in [5, 5.41) is 0. The van der Waals surface area contributed by atoms with E-state index in [4.69, 9.17) is 10.5 Å². The van der Waals surface area contributed by atoms with Gasteiger partial charge in [-0.3, -0.25) is 14.4 Å². The van der Waals surface area contributed by atoms with Crippen LogP contribution in [-0.2, 0) is 16.1 Å². The number of carbonyl (C=O) groups excluding carboxylic acids is 4. The van der Waals surface area contributed by atoms with E-state index in [1.54, 1.807) is 29.2 Å². The highest BCUT2D eigenvalue weighted by Crippen LogP contribution is 2.33. The standard InChI is InChI=1S/C28H26N2O5/c1-28(2,3)30(15-17-9-5-4-6-10-17)22(31)16-35-27(34)21-14-13-20-23(24(21)29)26(33)19-12-8-7-11-18(19)25(20)32/h4-14H,15-16,29H2,1-3H3. The minimum absolute atomic E-state index is 0.0186. The van der Waals surface area contributed by atoms with Crippen LogP contribution in [0.3, 0.4) is 0 Å². The molecule has 7 heteroatoms. The summed E-state index contributed by atoms with van der Waals surface area (Å²) in [4.78, 5) is 53.4. The topological polar surface area (TPSA) is 107 Å². The molecule has 1 aliphatic carbocycles. The maximum atomic E-state index is 13.0. The number of ether oxygens (including phenoxy) is 1. The third kappa shape index (κ3) is 4.57. The Labute approximate surface area is 203 Å². The summed E-state index contributed by atoms with van der Waals surface area (Å²) in [5.74, 6) is -1.98. The zero-order chi connectivity index (χ0) is 25.3.